The zero-order chi connectivity index (χ0) is 14.8. The molecule has 1 aromatic rings. The van der Waals surface area contributed by atoms with Gasteiger partial charge in [-0.05, 0) is 44.0 Å². The fraction of sp³-hybridized carbons (Fsp3) is 0.462. The average molecular weight is 299 g/mol. The summed E-state index contributed by atoms with van der Waals surface area (Å²) in [5.74, 6) is -0.480. The molecule has 1 aliphatic rings. The first kappa shape index (κ1) is 15.0. The van der Waals surface area contributed by atoms with Crippen molar-refractivity contribution in [3.05, 3.63) is 29.8 Å². The SMILES string of the molecule is CCOC(=O)c1ccc(S(=O)(=O)NC2CC(O)C2)cc1. The van der Waals surface area contributed by atoms with Crippen LogP contribution in [0.3, 0.4) is 0 Å². The first-order valence-electron chi connectivity index (χ1n) is 6.40. The molecule has 0 saturated heterocycles. The molecule has 110 valence electrons. The minimum absolute atomic E-state index is 0.0898. The van der Waals surface area contributed by atoms with Gasteiger partial charge in [0, 0.05) is 6.04 Å². The Morgan fingerprint density at radius 2 is 1.95 bits per heavy atom. The van der Waals surface area contributed by atoms with Gasteiger partial charge >= 0.3 is 5.97 Å². The molecule has 6 nitrogen and oxygen atoms in total. The highest BCUT2D eigenvalue weighted by atomic mass is 32.2. The smallest absolute Gasteiger partial charge is 0.338 e. The number of hydrogen-bond donors (Lipinski definition) is 2. The molecule has 0 atom stereocenters. The number of aliphatic hydroxyl groups excluding tert-OH is 1. The first-order valence-corrected chi connectivity index (χ1v) is 7.88. The van der Waals surface area contributed by atoms with Crippen LogP contribution < -0.4 is 4.72 Å². The molecular formula is C13H17NO5S. The Bertz CT molecular complexity index is 575. The molecule has 7 heteroatoms. The molecule has 0 aromatic heterocycles. The van der Waals surface area contributed by atoms with E-state index in [0.29, 0.717) is 18.4 Å². The maximum atomic E-state index is 12.0. The molecule has 1 saturated carbocycles. The van der Waals surface area contributed by atoms with Gasteiger partial charge in [0.05, 0.1) is 23.2 Å². The predicted molar refractivity (Wildman–Crippen MR) is 71.7 cm³/mol. The van der Waals surface area contributed by atoms with E-state index in [-0.39, 0.29) is 17.5 Å². The van der Waals surface area contributed by atoms with Crippen molar-refractivity contribution in [1.29, 1.82) is 0 Å². The molecule has 2 rings (SSSR count). The molecule has 0 aliphatic heterocycles. The monoisotopic (exact) mass is 299 g/mol. The van der Waals surface area contributed by atoms with Gasteiger partial charge in [-0.15, -0.1) is 0 Å². The predicted octanol–water partition coefficient (Wildman–Crippen LogP) is 0.665. The van der Waals surface area contributed by atoms with Crippen molar-refractivity contribution in [1.82, 2.24) is 4.72 Å². The Labute approximate surface area is 117 Å². The second-order valence-electron chi connectivity index (χ2n) is 4.69. The average Bonchev–Trinajstić information content (AvgIpc) is 2.37. The van der Waals surface area contributed by atoms with Crippen molar-refractivity contribution < 1.29 is 23.1 Å². The lowest BCUT2D eigenvalue weighted by molar-refractivity contribution is 0.0526. The number of sulfonamides is 1. The van der Waals surface area contributed by atoms with E-state index >= 15 is 0 Å². The number of hydrogen-bond acceptors (Lipinski definition) is 5. The zero-order valence-corrected chi connectivity index (χ0v) is 11.9. The number of esters is 1. The van der Waals surface area contributed by atoms with Crippen LogP contribution in [0.15, 0.2) is 29.2 Å². The van der Waals surface area contributed by atoms with Crippen molar-refractivity contribution >= 4 is 16.0 Å². The largest absolute Gasteiger partial charge is 0.462 e. The van der Waals surface area contributed by atoms with Crippen LogP contribution in [0.2, 0.25) is 0 Å². The summed E-state index contributed by atoms with van der Waals surface area (Å²) in [6, 6.07) is 5.34. The van der Waals surface area contributed by atoms with Gasteiger partial charge < -0.3 is 9.84 Å². The Balaban J connectivity index is 2.06. The molecule has 0 heterocycles. The summed E-state index contributed by atoms with van der Waals surface area (Å²) < 4.78 is 31.4. The number of rotatable bonds is 5. The second kappa shape index (κ2) is 5.90. The third kappa shape index (κ3) is 3.36. The number of carbonyl (C=O) groups excluding carboxylic acids is 1. The van der Waals surface area contributed by atoms with Gasteiger partial charge in [-0.25, -0.2) is 17.9 Å². The lowest BCUT2D eigenvalue weighted by atomic mass is 9.91. The summed E-state index contributed by atoms with van der Waals surface area (Å²) in [5, 5.41) is 9.15. The van der Waals surface area contributed by atoms with Crippen molar-refractivity contribution in [3.63, 3.8) is 0 Å². The Kier molecular flexibility index (Phi) is 4.42. The van der Waals surface area contributed by atoms with E-state index in [1.54, 1.807) is 6.92 Å². The molecule has 0 radical (unpaired) electrons. The molecule has 20 heavy (non-hydrogen) atoms. The van der Waals surface area contributed by atoms with Crippen molar-refractivity contribution in [3.8, 4) is 0 Å². The van der Waals surface area contributed by atoms with Crippen molar-refractivity contribution in [2.75, 3.05) is 6.61 Å². The summed E-state index contributed by atoms with van der Waals surface area (Å²) in [5.41, 5.74) is 0.310. The van der Waals surface area contributed by atoms with Crippen LogP contribution in [-0.2, 0) is 14.8 Å². The molecule has 1 aliphatic carbocycles. The highest BCUT2D eigenvalue weighted by Gasteiger charge is 2.31. The number of aliphatic hydroxyl groups is 1. The Morgan fingerprint density at radius 1 is 1.35 bits per heavy atom. The van der Waals surface area contributed by atoms with Crippen LogP contribution in [0.5, 0.6) is 0 Å². The van der Waals surface area contributed by atoms with Gasteiger partial charge in [0.1, 0.15) is 0 Å². The molecule has 0 spiro atoms. The lowest BCUT2D eigenvalue weighted by Crippen LogP contribution is -2.46. The number of ether oxygens (including phenoxy) is 1. The fourth-order valence-electron chi connectivity index (χ4n) is 1.96. The van der Waals surface area contributed by atoms with Crippen LogP contribution in [0.4, 0.5) is 0 Å². The maximum absolute atomic E-state index is 12.0. The Hall–Kier alpha value is -1.44. The van der Waals surface area contributed by atoms with E-state index in [1.807, 2.05) is 0 Å². The first-order chi connectivity index (χ1) is 9.42. The van der Waals surface area contributed by atoms with E-state index in [9.17, 15) is 13.2 Å². The van der Waals surface area contributed by atoms with E-state index in [1.165, 1.54) is 24.3 Å². The van der Waals surface area contributed by atoms with Crippen LogP contribution in [-0.4, -0.2) is 38.2 Å². The third-order valence-electron chi connectivity index (χ3n) is 3.11. The van der Waals surface area contributed by atoms with Crippen LogP contribution in [0.25, 0.3) is 0 Å². The van der Waals surface area contributed by atoms with Crippen LogP contribution in [0.1, 0.15) is 30.1 Å². The van der Waals surface area contributed by atoms with Crippen molar-refractivity contribution in [2.45, 2.75) is 36.8 Å². The highest BCUT2D eigenvalue weighted by molar-refractivity contribution is 7.89. The van der Waals surface area contributed by atoms with E-state index < -0.39 is 22.1 Å². The summed E-state index contributed by atoms with van der Waals surface area (Å²) in [4.78, 5) is 11.5. The topological polar surface area (TPSA) is 92.7 Å². The number of carbonyl (C=O) groups is 1. The standard InChI is InChI=1S/C13H17NO5S/c1-2-19-13(16)9-3-5-12(6-4-9)20(17,18)14-10-7-11(15)8-10/h3-6,10-11,14-15H,2,7-8H2,1H3. The molecule has 0 unspecified atom stereocenters. The highest BCUT2D eigenvalue weighted by Crippen LogP contribution is 2.22. The zero-order valence-electron chi connectivity index (χ0n) is 11.1. The summed E-state index contributed by atoms with van der Waals surface area (Å²) in [6.45, 7) is 1.97. The summed E-state index contributed by atoms with van der Waals surface area (Å²) in [7, 11) is -3.61. The fourth-order valence-corrected chi connectivity index (χ4v) is 3.22. The van der Waals surface area contributed by atoms with E-state index in [4.69, 9.17) is 9.84 Å². The second-order valence-corrected chi connectivity index (χ2v) is 6.40. The van der Waals surface area contributed by atoms with Gasteiger partial charge in [-0.2, -0.15) is 0 Å². The molecule has 1 aromatic carbocycles. The molecule has 0 amide bonds. The van der Waals surface area contributed by atoms with Crippen LogP contribution in [0, 0.1) is 0 Å². The van der Waals surface area contributed by atoms with Crippen LogP contribution >= 0.6 is 0 Å². The lowest BCUT2D eigenvalue weighted by Gasteiger charge is -2.31. The van der Waals surface area contributed by atoms with E-state index in [2.05, 4.69) is 4.72 Å². The summed E-state index contributed by atoms with van der Waals surface area (Å²) in [6.07, 6.45) is 0.439. The molecule has 1 fully saturated rings. The molecule has 0 bridgehead atoms. The molecule has 2 N–H and O–H groups in total. The maximum Gasteiger partial charge on any atom is 0.338 e. The van der Waals surface area contributed by atoms with Gasteiger partial charge in [0.2, 0.25) is 10.0 Å². The van der Waals surface area contributed by atoms with Gasteiger partial charge in [-0.3, -0.25) is 0 Å². The summed E-state index contributed by atoms with van der Waals surface area (Å²) >= 11 is 0. The molecular weight excluding hydrogens is 282 g/mol. The minimum Gasteiger partial charge on any atom is -0.462 e. The van der Waals surface area contributed by atoms with Crippen molar-refractivity contribution in [2.24, 2.45) is 0 Å². The third-order valence-corrected chi connectivity index (χ3v) is 4.65. The van der Waals surface area contributed by atoms with Gasteiger partial charge in [0.15, 0.2) is 0 Å². The Morgan fingerprint density at radius 3 is 2.45 bits per heavy atom. The number of nitrogens with one attached hydrogen (secondary N) is 1. The van der Waals surface area contributed by atoms with E-state index in [0.717, 1.165) is 0 Å². The minimum atomic E-state index is -3.61. The van der Waals surface area contributed by atoms with Gasteiger partial charge in [-0.1, -0.05) is 0 Å². The quantitative estimate of drug-likeness (QED) is 0.779. The number of benzene rings is 1. The van der Waals surface area contributed by atoms with Gasteiger partial charge in [0.25, 0.3) is 0 Å². The normalized spacial score (nSPS) is 22.1.